The Hall–Kier alpha value is -1.87. The fourth-order valence-corrected chi connectivity index (χ4v) is 2.09. The highest BCUT2D eigenvalue weighted by atomic mass is 16.5. The second-order valence-electron chi connectivity index (χ2n) is 4.33. The molecule has 94 valence electrons. The maximum absolute atomic E-state index is 11.5. The first-order chi connectivity index (χ1) is 8.65. The number of fused-ring (bicyclic) bond motifs is 1. The molecule has 0 saturated heterocycles. The van der Waals surface area contributed by atoms with Crippen molar-refractivity contribution in [3.05, 3.63) is 48.0 Å². The summed E-state index contributed by atoms with van der Waals surface area (Å²) in [5.74, 6) is -0.990. The van der Waals surface area contributed by atoms with Crippen LogP contribution in [0, 0.1) is 5.92 Å². The SMILES string of the molecule is COC(=O)[C@H](C)[C@H](O)c1cccc2ccccc12. The number of carbonyl (C=O) groups is 1. The van der Waals surface area contributed by atoms with Gasteiger partial charge in [-0.2, -0.15) is 0 Å². The molecule has 18 heavy (non-hydrogen) atoms. The van der Waals surface area contributed by atoms with Gasteiger partial charge in [-0.15, -0.1) is 0 Å². The van der Waals surface area contributed by atoms with Crippen LogP contribution in [0.1, 0.15) is 18.6 Å². The lowest BCUT2D eigenvalue weighted by Gasteiger charge is -2.18. The fraction of sp³-hybridized carbons (Fsp3) is 0.267. The van der Waals surface area contributed by atoms with Gasteiger partial charge in [0.1, 0.15) is 0 Å². The van der Waals surface area contributed by atoms with Crippen LogP contribution in [0.15, 0.2) is 42.5 Å². The second kappa shape index (κ2) is 5.19. The Kier molecular flexibility index (Phi) is 3.63. The van der Waals surface area contributed by atoms with Gasteiger partial charge in [0.05, 0.1) is 19.1 Å². The Labute approximate surface area is 106 Å². The van der Waals surface area contributed by atoms with E-state index in [0.717, 1.165) is 16.3 Å². The number of methoxy groups -OCH3 is 1. The van der Waals surface area contributed by atoms with Gasteiger partial charge in [0.2, 0.25) is 0 Å². The zero-order chi connectivity index (χ0) is 13.1. The average molecular weight is 244 g/mol. The van der Waals surface area contributed by atoms with Crippen LogP contribution in [-0.4, -0.2) is 18.2 Å². The largest absolute Gasteiger partial charge is 0.469 e. The minimum absolute atomic E-state index is 0.407. The maximum atomic E-state index is 11.5. The smallest absolute Gasteiger partial charge is 0.311 e. The molecule has 2 atom stereocenters. The molecule has 0 spiro atoms. The summed E-state index contributed by atoms with van der Waals surface area (Å²) in [7, 11) is 1.33. The average Bonchev–Trinajstić information content (AvgIpc) is 2.44. The molecule has 1 N–H and O–H groups in total. The van der Waals surface area contributed by atoms with Crippen molar-refractivity contribution in [3.63, 3.8) is 0 Å². The number of aliphatic hydroxyl groups is 1. The van der Waals surface area contributed by atoms with Crippen LogP contribution in [0.5, 0.6) is 0 Å². The number of rotatable bonds is 3. The third kappa shape index (κ3) is 2.22. The summed E-state index contributed by atoms with van der Waals surface area (Å²) >= 11 is 0. The molecule has 3 heteroatoms. The van der Waals surface area contributed by atoms with Gasteiger partial charge >= 0.3 is 5.97 Å². The minimum atomic E-state index is -0.858. The van der Waals surface area contributed by atoms with Crippen LogP contribution in [0.25, 0.3) is 10.8 Å². The molecule has 0 fully saturated rings. The summed E-state index contributed by atoms with van der Waals surface area (Å²) in [5, 5.41) is 12.3. The van der Waals surface area contributed by atoms with E-state index in [1.807, 2.05) is 42.5 Å². The molecule has 2 aromatic rings. The summed E-state index contributed by atoms with van der Waals surface area (Å²) in [4.78, 5) is 11.5. The Morgan fingerprint density at radius 2 is 1.83 bits per heavy atom. The summed E-state index contributed by atoms with van der Waals surface area (Å²) in [6.07, 6.45) is -0.858. The van der Waals surface area contributed by atoms with Crippen LogP contribution in [-0.2, 0) is 9.53 Å². The number of benzene rings is 2. The molecule has 0 aliphatic heterocycles. The zero-order valence-electron chi connectivity index (χ0n) is 10.5. The van der Waals surface area contributed by atoms with Gasteiger partial charge in [0.15, 0.2) is 0 Å². The van der Waals surface area contributed by atoms with Gasteiger partial charge in [-0.3, -0.25) is 4.79 Å². The van der Waals surface area contributed by atoms with Gasteiger partial charge in [-0.05, 0) is 23.3 Å². The van der Waals surface area contributed by atoms with E-state index < -0.39 is 18.0 Å². The number of aliphatic hydroxyl groups excluding tert-OH is 1. The molecule has 2 aromatic carbocycles. The number of ether oxygens (including phenoxy) is 1. The summed E-state index contributed by atoms with van der Waals surface area (Å²) in [5.41, 5.74) is 0.756. The first-order valence-corrected chi connectivity index (χ1v) is 5.88. The molecule has 0 bridgehead atoms. The molecule has 3 nitrogen and oxygen atoms in total. The topological polar surface area (TPSA) is 46.5 Å². The zero-order valence-corrected chi connectivity index (χ0v) is 10.5. The minimum Gasteiger partial charge on any atom is -0.469 e. The van der Waals surface area contributed by atoms with Crippen molar-refractivity contribution in [2.24, 2.45) is 5.92 Å². The monoisotopic (exact) mass is 244 g/mol. The Morgan fingerprint density at radius 3 is 2.56 bits per heavy atom. The molecule has 0 amide bonds. The lowest BCUT2D eigenvalue weighted by atomic mass is 9.93. The summed E-state index contributed by atoms with van der Waals surface area (Å²) in [6.45, 7) is 1.66. The highest BCUT2D eigenvalue weighted by Gasteiger charge is 2.25. The lowest BCUT2D eigenvalue weighted by Crippen LogP contribution is -2.20. The van der Waals surface area contributed by atoms with Crippen molar-refractivity contribution >= 4 is 16.7 Å². The van der Waals surface area contributed by atoms with Crippen LogP contribution in [0.2, 0.25) is 0 Å². The normalized spacial score (nSPS) is 14.2. The predicted octanol–water partition coefficient (Wildman–Crippen LogP) is 2.68. The van der Waals surface area contributed by atoms with Gasteiger partial charge in [-0.1, -0.05) is 42.5 Å². The highest BCUT2D eigenvalue weighted by molar-refractivity contribution is 5.86. The van der Waals surface area contributed by atoms with Crippen LogP contribution >= 0.6 is 0 Å². The van der Waals surface area contributed by atoms with E-state index in [9.17, 15) is 9.90 Å². The van der Waals surface area contributed by atoms with E-state index in [1.165, 1.54) is 7.11 Å². The van der Waals surface area contributed by atoms with E-state index in [2.05, 4.69) is 4.74 Å². The summed E-state index contributed by atoms with van der Waals surface area (Å²) in [6, 6.07) is 13.5. The van der Waals surface area contributed by atoms with Gasteiger partial charge in [-0.25, -0.2) is 0 Å². The van der Waals surface area contributed by atoms with Gasteiger partial charge in [0.25, 0.3) is 0 Å². The van der Waals surface area contributed by atoms with Gasteiger partial charge in [0, 0.05) is 0 Å². The van der Waals surface area contributed by atoms with Crippen LogP contribution < -0.4 is 0 Å². The van der Waals surface area contributed by atoms with Crippen molar-refractivity contribution in [1.82, 2.24) is 0 Å². The van der Waals surface area contributed by atoms with E-state index in [-0.39, 0.29) is 0 Å². The van der Waals surface area contributed by atoms with Crippen molar-refractivity contribution in [1.29, 1.82) is 0 Å². The number of hydrogen-bond donors (Lipinski definition) is 1. The highest BCUT2D eigenvalue weighted by Crippen LogP contribution is 2.29. The van der Waals surface area contributed by atoms with Gasteiger partial charge < -0.3 is 9.84 Å². The molecule has 0 aromatic heterocycles. The predicted molar refractivity (Wildman–Crippen MR) is 70.1 cm³/mol. The Balaban J connectivity index is 2.44. The molecule has 0 aliphatic carbocycles. The third-order valence-electron chi connectivity index (χ3n) is 3.19. The summed E-state index contributed by atoms with van der Waals surface area (Å²) < 4.78 is 4.67. The van der Waals surface area contributed by atoms with E-state index >= 15 is 0 Å². The Bertz CT molecular complexity index is 557. The van der Waals surface area contributed by atoms with Crippen molar-refractivity contribution in [2.45, 2.75) is 13.0 Å². The first kappa shape index (κ1) is 12.6. The van der Waals surface area contributed by atoms with Crippen LogP contribution in [0.4, 0.5) is 0 Å². The second-order valence-corrected chi connectivity index (χ2v) is 4.33. The molecule has 2 rings (SSSR count). The molecule has 0 unspecified atom stereocenters. The first-order valence-electron chi connectivity index (χ1n) is 5.88. The van der Waals surface area contributed by atoms with E-state index in [0.29, 0.717) is 0 Å². The van der Waals surface area contributed by atoms with Crippen molar-refractivity contribution < 1.29 is 14.6 Å². The maximum Gasteiger partial charge on any atom is 0.311 e. The van der Waals surface area contributed by atoms with E-state index in [4.69, 9.17) is 0 Å². The standard InChI is InChI=1S/C15H16O3/c1-10(15(17)18-2)14(16)13-9-5-7-11-6-3-4-8-12(11)13/h3-10,14,16H,1-2H3/t10-,14+/m1/s1. The molecule has 0 radical (unpaired) electrons. The van der Waals surface area contributed by atoms with Crippen LogP contribution in [0.3, 0.4) is 0 Å². The number of carbonyl (C=O) groups excluding carboxylic acids is 1. The lowest BCUT2D eigenvalue weighted by molar-refractivity contribution is -0.148. The quantitative estimate of drug-likeness (QED) is 0.844. The molecule has 0 aliphatic rings. The molecular weight excluding hydrogens is 228 g/mol. The van der Waals surface area contributed by atoms with Crippen molar-refractivity contribution in [3.8, 4) is 0 Å². The number of esters is 1. The van der Waals surface area contributed by atoms with E-state index in [1.54, 1.807) is 6.92 Å². The van der Waals surface area contributed by atoms with Crippen molar-refractivity contribution in [2.75, 3.05) is 7.11 Å². The molecular formula is C15H16O3. The fourth-order valence-electron chi connectivity index (χ4n) is 2.09. The molecule has 0 heterocycles. The molecule has 0 saturated carbocycles. The number of hydrogen-bond acceptors (Lipinski definition) is 3. The third-order valence-corrected chi connectivity index (χ3v) is 3.19. The Morgan fingerprint density at radius 1 is 1.17 bits per heavy atom.